The molecule has 1 saturated carbocycles. The summed E-state index contributed by atoms with van der Waals surface area (Å²) in [6, 6.07) is 0. The molecule has 4 atom stereocenters. The zero-order chi connectivity index (χ0) is 10.5. The molecule has 14 heavy (non-hydrogen) atoms. The van der Waals surface area contributed by atoms with Crippen molar-refractivity contribution in [1.82, 2.24) is 0 Å². The van der Waals surface area contributed by atoms with Crippen molar-refractivity contribution in [2.24, 2.45) is 5.92 Å². The van der Waals surface area contributed by atoms with E-state index in [1.165, 1.54) is 0 Å². The van der Waals surface area contributed by atoms with E-state index in [0.29, 0.717) is 5.57 Å². The van der Waals surface area contributed by atoms with Crippen molar-refractivity contribution < 1.29 is 19.7 Å². The number of aliphatic hydroxyl groups is 2. The lowest BCUT2D eigenvalue weighted by Crippen LogP contribution is -2.24. The highest BCUT2D eigenvalue weighted by Crippen LogP contribution is 2.41. The van der Waals surface area contributed by atoms with Crippen LogP contribution >= 0.6 is 0 Å². The third-order valence-corrected chi connectivity index (χ3v) is 3.02. The topological polar surface area (TPSA) is 66.8 Å². The van der Waals surface area contributed by atoms with Gasteiger partial charge in [0, 0.05) is 5.92 Å². The SMILES string of the molecule is CC(C)=C1C(O)C2CC(=O)OC2C1O. The molecule has 0 radical (unpaired) electrons. The van der Waals surface area contributed by atoms with Crippen molar-refractivity contribution in [3.63, 3.8) is 0 Å². The van der Waals surface area contributed by atoms with Gasteiger partial charge in [-0.15, -0.1) is 0 Å². The van der Waals surface area contributed by atoms with Gasteiger partial charge in [0.05, 0.1) is 12.5 Å². The summed E-state index contributed by atoms with van der Waals surface area (Å²) in [6.45, 7) is 3.68. The highest BCUT2D eigenvalue weighted by molar-refractivity contribution is 5.73. The number of allylic oxidation sites excluding steroid dienone is 1. The summed E-state index contributed by atoms with van der Waals surface area (Å²) in [5.74, 6) is -0.590. The predicted octanol–water partition coefficient (Wildman–Crippen LogP) is -0.0101. The molecule has 1 aliphatic heterocycles. The molecule has 78 valence electrons. The summed E-state index contributed by atoms with van der Waals surface area (Å²) in [5.41, 5.74) is 1.52. The fraction of sp³-hybridized carbons (Fsp3) is 0.700. The Morgan fingerprint density at radius 3 is 2.50 bits per heavy atom. The Labute approximate surface area is 82.2 Å². The van der Waals surface area contributed by atoms with Gasteiger partial charge < -0.3 is 14.9 Å². The van der Waals surface area contributed by atoms with Gasteiger partial charge in [-0.05, 0) is 19.4 Å². The number of fused-ring (bicyclic) bond motifs is 1. The number of ether oxygens (including phenoxy) is 1. The normalized spacial score (nSPS) is 41.1. The van der Waals surface area contributed by atoms with Crippen molar-refractivity contribution in [2.45, 2.75) is 38.6 Å². The zero-order valence-corrected chi connectivity index (χ0v) is 8.23. The van der Waals surface area contributed by atoms with Gasteiger partial charge in [-0.1, -0.05) is 5.57 Å². The third kappa shape index (κ3) is 1.18. The van der Waals surface area contributed by atoms with Gasteiger partial charge in [0.25, 0.3) is 0 Å². The van der Waals surface area contributed by atoms with Crippen LogP contribution in [0.25, 0.3) is 0 Å². The fourth-order valence-corrected chi connectivity index (χ4v) is 2.36. The molecule has 1 aliphatic carbocycles. The van der Waals surface area contributed by atoms with Gasteiger partial charge in [-0.2, -0.15) is 0 Å². The molecule has 4 nitrogen and oxygen atoms in total. The molecule has 2 aliphatic rings. The first-order valence-corrected chi connectivity index (χ1v) is 4.75. The van der Waals surface area contributed by atoms with Gasteiger partial charge in [0.15, 0.2) is 0 Å². The number of hydrogen-bond donors (Lipinski definition) is 2. The molecule has 0 aromatic heterocycles. The van der Waals surface area contributed by atoms with Crippen LogP contribution in [-0.4, -0.2) is 34.5 Å². The number of carbonyl (C=O) groups is 1. The Bertz CT molecular complexity index is 281. The van der Waals surface area contributed by atoms with Crippen molar-refractivity contribution in [1.29, 1.82) is 0 Å². The van der Waals surface area contributed by atoms with Crippen LogP contribution in [0.1, 0.15) is 20.3 Å². The smallest absolute Gasteiger partial charge is 0.306 e. The maximum absolute atomic E-state index is 11.0. The molecule has 4 unspecified atom stereocenters. The van der Waals surface area contributed by atoms with Crippen LogP contribution in [0.2, 0.25) is 0 Å². The Hall–Kier alpha value is -0.870. The summed E-state index contributed by atoms with van der Waals surface area (Å²) in [5, 5.41) is 19.7. The summed E-state index contributed by atoms with van der Waals surface area (Å²) < 4.78 is 4.97. The average Bonchev–Trinajstić information content (AvgIpc) is 2.54. The lowest BCUT2D eigenvalue weighted by atomic mass is 10.00. The van der Waals surface area contributed by atoms with E-state index in [4.69, 9.17) is 4.74 Å². The van der Waals surface area contributed by atoms with Gasteiger partial charge in [-0.25, -0.2) is 0 Å². The number of carbonyl (C=O) groups excluding carboxylic acids is 1. The summed E-state index contributed by atoms with van der Waals surface area (Å²) >= 11 is 0. The van der Waals surface area contributed by atoms with Crippen molar-refractivity contribution in [3.05, 3.63) is 11.1 Å². The molecule has 1 saturated heterocycles. The summed E-state index contributed by atoms with van der Waals surface area (Å²) in [4.78, 5) is 11.0. The molecular weight excluding hydrogens is 184 g/mol. The second kappa shape index (κ2) is 3.07. The predicted molar refractivity (Wildman–Crippen MR) is 48.4 cm³/mol. The van der Waals surface area contributed by atoms with E-state index >= 15 is 0 Å². The van der Waals surface area contributed by atoms with Crippen LogP contribution in [0.5, 0.6) is 0 Å². The van der Waals surface area contributed by atoms with Gasteiger partial charge in [-0.3, -0.25) is 4.79 Å². The van der Waals surface area contributed by atoms with E-state index in [-0.39, 0.29) is 18.3 Å². The van der Waals surface area contributed by atoms with Crippen molar-refractivity contribution in [3.8, 4) is 0 Å². The molecule has 0 spiro atoms. The Morgan fingerprint density at radius 1 is 1.36 bits per heavy atom. The van der Waals surface area contributed by atoms with Crippen LogP contribution in [0.15, 0.2) is 11.1 Å². The quantitative estimate of drug-likeness (QED) is 0.424. The molecule has 1 heterocycles. The summed E-state index contributed by atoms with van der Waals surface area (Å²) in [6.07, 6.45) is -1.89. The van der Waals surface area contributed by atoms with Gasteiger partial charge in [0.1, 0.15) is 12.2 Å². The van der Waals surface area contributed by atoms with E-state index in [0.717, 1.165) is 5.57 Å². The van der Waals surface area contributed by atoms with Gasteiger partial charge in [0.2, 0.25) is 0 Å². The van der Waals surface area contributed by atoms with E-state index in [9.17, 15) is 15.0 Å². The first-order valence-electron chi connectivity index (χ1n) is 4.75. The lowest BCUT2D eigenvalue weighted by molar-refractivity contribution is -0.144. The third-order valence-electron chi connectivity index (χ3n) is 3.02. The average molecular weight is 198 g/mol. The van der Waals surface area contributed by atoms with Crippen LogP contribution in [0.3, 0.4) is 0 Å². The molecule has 0 aromatic carbocycles. The second-order valence-corrected chi connectivity index (χ2v) is 4.17. The standard InChI is InChI=1S/C10H14O4/c1-4(2)7-8(12)5-3-6(11)14-10(5)9(7)13/h5,8-10,12-13H,3H2,1-2H3. The summed E-state index contributed by atoms with van der Waals surface area (Å²) in [7, 11) is 0. The highest BCUT2D eigenvalue weighted by Gasteiger charge is 2.52. The number of esters is 1. The minimum absolute atomic E-state index is 0.208. The van der Waals surface area contributed by atoms with E-state index in [1.54, 1.807) is 0 Å². The maximum Gasteiger partial charge on any atom is 0.306 e. The molecule has 0 amide bonds. The molecule has 2 N–H and O–H groups in total. The minimum atomic E-state index is -0.827. The van der Waals surface area contributed by atoms with Crippen LogP contribution in [-0.2, 0) is 9.53 Å². The largest absolute Gasteiger partial charge is 0.459 e. The zero-order valence-electron chi connectivity index (χ0n) is 8.23. The van der Waals surface area contributed by atoms with Crippen LogP contribution in [0.4, 0.5) is 0 Å². The lowest BCUT2D eigenvalue weighted by Gasteiger charge is -2.13. The molecule has 4 heteroatoms. The van der Waals surface area contributed by atoms with Gasteiger partial charge >= 0.3 is 5.97 Å². The Morgan fingerprint density at radius 2 is 2.00 bits per heavy atom. The first kappa shape index (κ1) is 9.68. The van der Waals surface area contributed by atoms with Crippen LogP contribution < -0.4 is 0 Å². The van der Waals surface area contributed by atoms with E-state index < -0.39 is 18.3 Å². The molecule has 0 aromatic rings. The van der Waals surface area contributed by atoms with E-state index in [2.05, 4.69) is 0 Å². The number of aliphatic hydroxyl groups excluding tert-OH is 2. The molecule has 2 rings (SSSR count). The van der Waals surface area contributed by atoms with E-state index in [1.807, 2.05) is 13.8 Å². The Kier molecular flexibility index (Phi) is 2.12. The minimum Gasteiger partial charge on any atom is -0.459 e. The Balaban J connectivity index is 2.33. The highest BCUT2D eigenvalue weighted by atomic mass is 16.6. The molecule has 0 bridgehead atoms. The van der Waals surface area contributed by atoms with Crippen molar-refractivity contribution >= 4 is 5.97 Å². The number of hydrogen-bond acceptors (Lipinski definition) is 4. The first-order chi connectivity index (χ1) is 6.52. The number of rotatable bonds is 0. The van der Waals surface area contributed by atoms with Crippen LogP contribution in [0, 0.1) is 5.92 Å². The maximum atomic E-state index is 11.0. The monoisotopic (exact) mass is 198 g/mol. The second-order valence-electron chi connectivity index (χ2n) is 4.17. The molecular formula is C10H14O4. The fourth-order valence-electron chi connectivity index (χ4n) is 2.36. The van der Waals surface area contributed by atoms with Crippen molar-refractivity contribution in [2.75, 3.05) is 0 Å². The molecule has 2 fully saturated rings.